The SMILES string of the molecule is C/[N+]([O-])=C/c1ccc(/C=C(\C(=O)c2ccc(Cl)cc2Cl)n2cncn2)cc1. The number of benzene rings is 2. The highest BCUT2D eigenvalue weighted by Gasteiger charge is 2.18. The summed E-state index contributed by atoms with van der Waals surface area (Å²) in [5.41, 5.74) is 2.08. The first-order chi connectivity index (χ1) is 12.9. The van der Waals surface area contributed by atoms with E-state index in [9.17, 15) is 10.0 Å². The van der Waals surface area contributed by atoms with E-state index in [1.807, 2.05) is 0 Å². The first-order valence-electron chi connectivity index (χ1n) is 7.85. The van der Waals surface area contributed by atoms with Crippen LogP contribution in [0.5, 0.6) is 0 Å². The topological polar surface area (TPSA) is 73.8 Å². The molecule has 3 aromatic rings. The summed E-state index contributed by atoms with van der Waals surface area (Å²) >= 11 is 12.1. The molecule has 0 fully saturated rings. The van der Waals surface area contributed by atoms with E-state index in [2.05, 4.69) is 10.1 Å². The van der Waals surface area contributed by atoms with Gasteiger partial charge in [0, 0.05) is 16.1 Å². The molecule has 0 aliphatic carbocycles. The molecule has 0 saturated heterocycles. The molecule has 1 heterocycles. The molecule has 8 heteroatoms. The maximum Gasteiger partial charge on any atom is 0.212 e. The summed E-state index contributed by atoms with van der Waals surface area (Å²) in [6.45, 7) is 0. The second-order valence-corrected chi connectivity index (χ2v) is 6.51. The van der Waals surface area contributed by atoms with E-state index in [0.29, 0.717) is 10.6 Å². The monoisotopic (exact) mass is 400 g/mol. The van der Waals surface area contributed by atoms with Gasteiger partial charge in [-0.2, -0.15) is 5.10 Å². The third-order valence-corrected chi connectivity index (χ3v) is 4.19. The number of hydrogen-bond donors (Lipinski definition) is 0. The van der Waals surface area contributed by atoms with Gasteiger partial charge in [-0.15, -0.1) is 0 Å². The molecule has 0 aliphatic rings. The van der Waals surface area contributed by atoms with Crippen LogP contribution < -0.4 is 0 Å². The molecule has 6 nitrogen and oxygen atoms in total. The average Bonchev–Trinajstić information content (AvgIpc) is 3.14. The van der Waals surface area contributed by atoms with Crippen molar-refractivity contribution >= 4 is 47.0 Å². The van der Waals surface area contributed by atoms with Gasteiger partial charge in [-0.3, -0.25) is 4.79 Å². The molecule has 0 atom stereocenters. The van der Waals surface area contributed by atoms with Crippen LogP contribution in [0, 0.1) is 5.21 Å². The van der Waals surface area contributed by atoms with E-state index >= 15 is 0 Å². The van der Waals surface area contributed by atoms with Gasteiger partial charge in [-0.1, -0.05) is 35.3 Å². The van der Waals surface area contributed by atoms with Crippen molar-refractivity contribution < 1.29 is 9.53 Å². The Morgan fingerprint density at radius 2 is 1.85 bits per heavy atom. The van der Waals surface area contributed by atoms with Crippen molar-refractivity contribution in [1.29, 1.82) is 0 Å². The number of aromatic nitrogens is 3. The van der Waals surface area contributed by atoms with E-state index in [1.54, 1.807) is 42.5 Å². The minimum Gasteiger partial charge on any atom is -0.624 e. The number of allylic oxidation sites excluding steroid dienone is 1. The minimum absolute atomic E-state index is 0.252. The summed E-state index contributed by atoms with van der Waals surface area (Å²) in [6.07, 6.45) is 5.89. The van der Waals surface area contributed by atoms with Gasteiger partial charge in [0.1, 0.15) is 25.4 Å². The van der Waals surface area contributed by atoms with E-state index < -0.39 is 0 Å². The lowest BCUT2D eigenvalue weighted by Crippen LogP contribution is -2.10. The van der Waals surface area contributed by atoms with E-state index in [1.165, 1.54) is 36.7 Å². The molecule has 0 saturated carbocycles. The average molecular weight is 401 g/mol. The lowest BCUT2D eigenvalue weighted by Gasteiger charge is -2.09. The number of Topliss-reactive ketones (excluding diaryl/α,β-unsaturated/α-hetero) is 1. The second kappa shape index (κ2) is 8.16. The van der Waals surface area contributed by atoms with Gasteiger partial charge in [0.2, 0.25) is 5.78 Å². The molecule has 1 aromatic heterocycles. The summed E-state index contributed by atoms with van der Waals surface area (Å²) < 4.78 is 2.09. The van der Waals surface area contributed by atoms with Gasteiger partial charge in [-0.05, 0) is 42.0 Å². The van der Waals surface area contributed by atoms with Crippen molar-refractivity contribution in [1.82, 2.24) is 14.8 Å². The van der Waals surface area contributed by atoms with E-state index in [-0.39, 0.29) is 16.5 Å². The number of hydroxylamine groups is 1. The zero-order valence-electron chi connectivity index (χ0n) is 14.2. The third-order valence-electron chi connectivity index (χ3n) is 3.64. The van der Waals surface area contributed by atoms with Crippen LogP contribution in [0.25, 0.3) is 11.8 Å². The zero-order valence-corrected chi connectivity index (χ0v) is 15.7. The van der Waals surface area contributed by atoms with Crippen molar-refractivity contribution in [2.24, 2.45) is 0 Å². The summed E-state index contributed by atoms with van der Waals surface area (Å²) in [4.78, 5) is 17.0. The fourth-order valence-electron chi connectivity index (χ4n) is 2.43. The predicted molar refractivity (Wildman–Crippen MR) is 106 cm³/mol. The van der Waals surface area contributed by atoms with Crippen LogP contribution in [0.1, 0.15) is 21.5 Å². The second-order valence-electron chi connectivity index (χ2n) is 5.66. The molecule has 136 valence electrons. The Kier molecular flexibility index (Phi) is 5.69. The van der Waals surface area contributed by atoms with Crippen LogP contribution in [0.3, 0.4) is 0 Å². The number of halogens is 2. The highest BCUT2D eigenvalue weighted by molar-refractivity contribution is 6.40. The lowest BCUT2D eigenvalue weighted by molar-refractivity contribution is -0.416. The number of nitrogens with zero attached hydrogens (tertiary/aromatic N) is 4. The predicted octanol–water partition coefficient (Wildman–Crippen LogP) is 4.02. The standard InChI is InChI=1S/C19H14Cl2N4O2/c1-24(27)10-14-4-2-13(3-5-14)8-18(25-12-22-11-23-25)19(26)16-7-6-15(20)9-17(16)21/h2-12H,1H3/b18-8+,24-10-. The van der Waals surface area contributed by atoms with Crippen molar-refractivity contribution in [3.05, 3.63) is 87.1 Å². The summed E-state index contributed by atoms with van der Waals surface area (Å²) in [6, 6.07) is 11.8. The maximum absolute atomic E-state index is 13.1. The first kappa shape index (κ1) is 18.8. The lowest BCUT2D eigenvalue weighted by atomic mass is 10.1. The highest BCUT2D eigenvalue weighted by atomic mass is 35.5. The Labute approximate surface area is 165 Å². The van der Waals surface area contributed by atoms with Crippen LogP contribution in [-0.4, -0.2) is 38.5 Å². The van der Waals surface area contributed by atoms with Gasteiger partial charge in [-0.25, -0.2) is 14.4 Å². The molecule has 0 aliphatic heterocycles. The molecule has 3 rings (SSSR count). The fourth-order valence-corrected chi connectivity index (χ4v) is 2.92. The number of ketones is 1. The molecule has 0 bridgehead atoms. The smallest absolute Gasteiger partial charge is 0.212 e. The molecule has 0 amide bonds. The maximum atomic E-state index is 13.1. The summed E-state index contributed by atoms with van der Waals surface area (Å²) in [5.74, 6) is -0.322. The Hall–Kier alpha value is -2.96. The molecule has 0 radical (unpaired) electrons. The van der Waals surface area contributed by atoms with Gasteiger partial charge in [0.05, 0.1) is 5.02 Å². The van der Waals surface area contributed by atoms with Gasteiger partial charge >= 0.3 is 0 Å². The van der Waals surface area contributed by atoms with E-state index in [0.717, 1.165) is 15.9 Å². The quantitative estimate of drug-likeness (QED) is 0.162. The van der Waals surface area contributed by atoms with Crippen molar-refractivity contribution in [3.63, 3.8) is 0 Å². The Balaban J connectivity index is 2.03. The molecular formula is C19H14Cl2N4O2. The molecule has 27 heavy (non-hydrogen) atoms. The fraction of sp³-hybridized carbons (Fsp3) is 0.0526. The van der Waals surface area contributed by atoms with Gasteiger partial charge in [0.15, 0.2) is 6.21 Å². The van der Waals surface area contributed by atoms with Crippen LogP contribution in [0.15, 0.2) is 55.1 Å². The van der Waals surface area contributed by atoms with Gasteiger partial charge in [0.25, 0.3) is 0 Å². The normalized spacial score (nSPS) is 12.3. The summed E-state index contributed by atoms with van der Waals surface area (Å²) in [7, 11) is 1.41. The first-order valence-corrected chi connectivity index (χ1v) is 8.61. The molecular weight excluding hydrogens is 387 g/mol. The van der Waals surface area contributed by atoms with Crippen molar-refractivity contribution in [2.45, 2.75) is 0 Å². The molecule has 0 spiro atoms. The minimum atomic E-state index is -0.322. The number of carbonyl (C=O) groups is 1. The highest BCUT2D eigenvalue weighted by Crippen LogP contribution is 2.25. The zero-order chi connectivity index (χ0) is 19.4. The largest absolute Gasteiger partial charge is 0.624 e. The Morgan fingerprint density at radius 3 is 2.44 bits per heavy atom. The number of hydrogen-bond acceptors (Lipinski definition) is 4. The van der Waals surface area contributed by atoms with Gasteiger partial charge < -0.3 is 5.21 Å². The van der Waals surface area contributed by atoms with Crippen LogP contribution in [0.4, 0.5) is 0 Å². The van der Waals surface area contributed by atoms with Crippen LogP contribution in [-0.2, 0) is 0 Å². The van der Waals surface area contributed by atoms with Crippen molar-refractivity contribution in [3.8, 4) is 0 Å². The Morgan fingerprint density at radius 1 is 1.15 bits per heavy atom. The third kappa shape index (κ3) is 4.61. The number of carbonyl (C=O) groups excluding carboxylic acids is 1. The van der Waals surface area contributed by atoms with Crippen molar-refractivity contribution in [2.75, 3.05) is 7.05 Å². The number of rotatable bonds is 5. The van der Waals surface area contributed by atoms with E-state index in [4.69, 9.17) is 23.2 Å². The van der Waals surface area contributed by atoms with Crippen LogP contribution >= 0.6 is 23.2 Å². The molecule has 2 aromatic carbocycles. The summed E-state index contributed by atoms with van der Waals surface area (Å²) in [5, 5.41) is 15.8. The molecule has 0 unspecified atom stereocenters. The molecule has 0 N–H and O–H groups in total. The van der Waals surface area contributed by atoms with Crippen LogP contribution in [0.2, 0.25) is 10.0 Å². The Bertz CT molecular complexity index is 1020.